The highest BCUT2D eigenvalue weighted by Crippen LogP contribution is 2.20. The third kappa shape index (κ3) is 1.20. The molecule has 0 aliphatic carbocycles. The Morgan fingerprint density at radius 1 is 1.46 bits per heavy atom. The van der Waals surface area contributed by atoms with Crippen LogP contribution < -0.4 is 11.1 Å². The van der Waals surface area contributed by atoms with Crippen molar-refractivity contribution in [1.82, 2.24) is 4.98 Å². The van der Waals surface area contributed by atoms with Gasteiger partial charge in [0.25, 0.3) is 0 Å². The Kier molecular flexibility index (Phi) is 1.62. The summed E-state index contributed by atoms with van der Waals surface area (Å²) in [6, 6.07) is 3.69. The molecule has 0 atom stereocenters. The van der Waals surface area contributed by atoms with E-state index in [-0.39, 0.29) is 0 Å². The van der Waals surface area contributed by atoms with Crippen LogP contribution in [0.25, 0.3) is 11.1 Å². The number of rotatable bonds is 1. The summed E-state index contributed by atoms with van der Waals surface area (Å²) in [5.74, 6) is -0.414. The van der Waals surface area contributed by atoms with E-state index in [2.05, 4.69) is 10.3 Å². The SMILES string of the molecule is CNc1cc2[nH]c(=O)oc2cc1C. The number of anilines is 1. The van der Waals surface area contributed by atoms with Crippen LogP contribution in [0.4, 0.5) is 5.69 Å². The van der Waals surface area contributed by atoms with Gasteiger partial charge < -0.3 is 9.73 Å². The van der Waals surface area contributed by atoms with Crippen LogP contribution in [-0.2, 0) is 0 Å². The Labute approximate surface area is 74.6 Å². The fourth-order valence-electron chi connectivity index (χ4n) is 1.37. The second-order valence-corrected chi connectivity index (χ2v) is 2.93. The molecule has 13 heavy (non-hydrogen) atoms. The van der Waals surface area contributed by atoms with E-state index in [1.165, 1.54) is 0 Å². The fourth-order valence-corrected chi connectivity index (χ4v) is 1.37. The molecule has 0 saturated carbocycles. The lowest BCUT2D eigenvalue weighted by Crippen LogP contribution is -1.93. The monoisotopic (exact) mass is 178 g/mol. The smallest absolute Gasteiger partial charge is 0.408 e. The van der Waals surface area contributed by atoms with Gasteiger partial charge in [0.1, 0.15) is 0 Å². The molecule has 4 nitrogen and oxygen atoms in total. The van der Waals surface area contributed by atoms with Gasteiger partial charge in [0.05, 0.1) is 5.52 Å². The van der Waals surface area contributed by atoms with E-state index in [0.29, 0.717) is 5.58 Å². The van der Waals surface area contributed by atoms with E-state index in [1.54, 1.807) is 0 Å². The zero-order valence-corrected chi connectivity index (χ0v) is 7.47. The molecule has 1 aromatic heterocycles. The summed E-state index contributed by atoms with van der Waals surface area (Å²) >= 11 is 0. The summed E-state index contributed by atoms with van der Waals surface area (Å²) in [6.45, 7) is 1.96. The third-order valence-corrected chi connectivity index (χ3v) is 2.04. The van der Waals surface area contributed by atoms with Gasteiger partial charge in [-0.25, -0.2) is 4.79 Å². The topological polar surface area (TPSA) is 58.0 Å². The maximum absolute atomic E-state index is 10.9. The summed E-state index contributed by atoms with van der Waals surface area (Å²) in [5.41, 5.74) is 3.36. The van der Waals surface area contributed by atoms with Gasteiger partial charge in [-0.1, -0.05) is 0 Å². The minimum absolute atomic E-state index is 0.414. The molecule has 0 unspecified atom stereocenters. The van der Waals surface area contributed by atoms with Crippen molar-refractivity contribution in [2.45, 2.75) is 6.92 Å². The summed E-state index contributed by atoms with van der Waals surface area (Å²) in [6.07, 6.45) is 0. The minimum atomic E-state index is -0.414. The van der Waals surface area contributed by atoms with Gasteiger partial charge in [-0.15, -0.1) is 0 Å². The minimum Gasteiger partial charge on any atom is -0.408 e. The number of benzene rings is 1. The number of aryl methyl sites for hydroxylation is 1. The number of hydrogen-bond donors (Lipinski definition) is 2. The van der Waals surface area contributed by atoms with Gasteiger partial charge in [0.15, 0.2) is 5.58 Å². The average molecular weight is 178 g/mol. The van der Waals surface area contributed by atoms with Crippen LogP contribution in [0.1, 0.15) is 5.56 Å². The van der Waals surface area contributed by atoms with Crippen molar-refractivity contribution in [3.05, 3.63) is 28.2 Å². The quantitative estimate of drug-likeness (QED) is 0.695. The summed E-state index contributed by atoms with van der Waals surface area (Å²) < 4.78 is 4.91. The molecule has 0 aliphatic heterocycles. The van der Waals surface area contributed by atoms with E-state index in [4.69, 9.17) is 4.42 Å². The molecule has 2 rings (SSSR count). The van der Waals surface area contributed by atoms with E-state index < -0.39 is 5.76 Å². The van der Waals surface area contributed by atoms with E-state index >= 15 is 0 Å². The summed E-state index contributed by atoms with van der Waals surface area (Å²) in [5, 5.41) is 3.03. The van der Waals surface area contributed by atoms with Crippen molar-refractivity contribution in [2.24, 2.45) is 0 Å². The molecule has 0 radical (unpaired) electrons. The molecule has 1 aromatic carbocycles. The normalized spacial score (nSPS) is 10.6. The largest absolute Gasteiger partial charge is 0.417 e. The number of aromatic amines is 1. The molecule has 1 heterocycles. The Balaban J connectivity index is 2.80. The highest BCUT2D eigenvalue weighted by molar-refractivity contribution is 5.78. The summed E-state index contributed by atoms with van der Waals surface area (Å²) in [7, 11) is 1.84. The number of H-pyrrole nitrogens is 1. The van der Waals surface area contributed by atoms with Crippen molar-refractivity contribution < 1.29 is 4.42 Å². The fraction of sp³-hybridized carbons (Fsp3) is 0.222. The molecule has 0 saturated heterocycles. The Morgan fingerprint density at radius 2 is 2.23 bits per heavy atom. The Bertz CT molecular complexity index is 496. The predicted octanol–water partition coefficient (Wildman–Crippen LogP) is 1.47. The average Bonchev–Trinajstić information content (AvgIpc) is 2.42. The van der Waals surface area contributed by atoms with Crippen LogP contribution in [-0.4, -0.2) is 12.0 Å². The first-order valence-electron chi connectivity index (χ1n) is 4.02. The van der Waals surface area contributed by atoms with Gasteiger partial charge in [0, 0.05) is 12.7 Å². The molecule has 0 bridgehead atoms. The lowest BCUT2D eigenvalue weighted by molar-refractivity contribution is 0.555. The van der Waals surface area contributed by atoms with E-state index in [0.717, 1.165) is 16.8 Å². The van der Waals surface area contributed by atoms with Gasteiger partial charge in [-0.2, -0.15) is 0 Å². The van der Waals surface area contributed by atoms with Crippen LogP contribution in [0.3, 0.4) is 0 Å². The van der Waals surface area contributed by atoms with Crippen LogP contribution in [0.15, 0.2) is 21.3 Å². The van der Waals surface area contributed by atoms with Crippen molar-refractivity contribution >= 4 is 16.8 Å². The Morgan fingerprint density at radius 3 is 2.92 bits per heavy atom. The highest BCUT2D eigenvalue weighted by atomic mass is 16.4. The van der Waals surface area contributed by atoms with Gasteiger partial charge in [0.2, 0.25) is 0 Å². The third-order valence-electron chi connectivity index (χ3n) is 2.04. The second-order valence-electron chi connectivity index (χ2n) is 2.93. The first-order valence-corrected chi connectivity index (χ1v) is 4.02. The molecule has 2 aromatic rings. The molecule has 2 N–H and O–H groups in total. The maximum Gasteiger partial charge on any atom is 0.417 e. The zero-order valence-electron chi connectivity index (χ0n) is 7.47. The van der Waals surface area contributed by atoms with Gasteiger partial charge in [-0.05, 0) is 24.6 Å². The van der Waals surface area contributed by atoms with Gasteiger partial charge in [-0.3, -0.25) is 4.98 Å². The van der Waals surface area contributed by atoms with Crippen molar-refractivity contribution in [3.8, 4) is 0 Å². The van der Waals surface area contributed by atoms with Crippen LogP contribution in [0, 0.1) is 6.92 Å². The molecular weight excluding hydrogens is 168 g/mol. The number of oxazole rings is 1. The molecule has 0 amide bonds. The number of nitrogens with one attached hydrogen (secondary N) is 2. The predicted molar refractivity (Wildman–Crippen MR) is 51.1 cm³/mol. The second kappa shape index (κ2) is 2.65. The van der Waals surface area contributed by atoms with Crippen molar-refractivity contribution in [3.63, 3.8) is 0 Å². The maximum atomic E-state index is 10.9. The highest BCUT2D eigenvalue weighted by Gasteiger charge is 2.03. The van der Waals surface area contributed by atoms with Gasteiger partial charge >= 0.3 is 5.76 Å². The molecule has 4 heteroatoms. The number of aromatic nitrogens is 1. The first-order chi connectivity index (χ1) is 6.20. The number of fused-ring (bicyclic) bond motifs is 1. The molecule has 0 fully saturated rings. The zero-order chi connectivity index (χ0) is 9.42. The van der Waals surface area contributed by atoms with E-state index in [1.807, 2.05) is 26.1 Å². The molecular formula is C9H10N2O2. The molecule has 0 aliphatic rings. The first kappa shape index (κ1) is 7.91. The standard InChI is InChI=1S/C9H10N2O2/c1-5-3-8-7(4-6(5)10-2)11-9(12)13-8/h3-4,10H,1-2H3,(H,11,12). The molecule has 68 valence electrons. The van der Waals surface area contributed by atoms with Crippen LogP contribution >= 0.6 is 0 Å². The van der Waals surface area contributed by atoms with Crippen molar-refractivity contribution in [2.75, 3.05) is 12.4 Å². The van der Waals surface area contributed by atoms with Crippen molar-refractivity contribution in [1.29, 1.82) is 0 Å². The lowest BCUT2D eigenvalue weighted by atomic mass is 10.2. The Hall–Kier alpha value is -1.71. The molecule has 0 spiro atoms. The van der Waals surface area contributed by atoms with E-state index in [9.17, 15) is 4.79 Å². The van der Waals surface area contributed by atoms with Crippen LogP contribution in [0.2, 0.25) is 0 Å². The number of hydrogen-bond acceptors (Lipinski definition) is 3. The summed E-state index contributed by atoms with van der Waals surface area (Å²) in [4.78, 5) is 13.5. The van der Waals surface area contributed by atoms with Crippen LogP contribution in [0.5, 0.6) is 0 Å². The lowest BCUT2D eigenvalue weighted by Gasteiger charge is -2.02.